The molecular weight excluding hydrogens is 236 g/mol. The molecule has 3 nitrogen and oxygen atoms in total. The number of anilines is 1. The van der Waals surface area contributed by atoms with E-state index in [4.69, 9.17) is 5.26 Å². The summed E-state index contributed by atoms with van der Waals surface area (Å²) in [5, 5.41) is 11.8. The van der Waals surface area contributed by atoms with Crippen LogP contribution in [-0.2, 0) is 6.54 Å². The van der Waals surface area contributed by atoms with Crippen LogP contribution in [-0.4, -0.2) is 4.98 Å². The summed E-state index contributed by atoms with van der Waals surface area (Å²) in [6.07, 6.45) is 2.63. The van der Waals surface area contributed by atoms with E-state index in [1.165, 1.54) is 24.4 Å². The SMILES string of the molecule is N#Cc1cc(F)ccc1NCc1cncc(F)c1. The molecule has 90 valence electrons. The van der Waals surface area contributed by atoms with Crippen molar-refractivity contribution in [2.24, 2.45) is 0 Å². The minimum Gasteiger partial charge on any atom is -0.380 e. The maximum absolute atomic E-state index is 12.9. The third-order valence-corrected chi connectivity index (χ3v) is 2.35. The van der Waals surface area contributed by atoms with E-state index in [9.17, 15) is 8.78 Å². The van der Waals surface area contributed by atoms with Gasteiger partial charge < -0.3 is 5.32 Å². The van der Waals surface area contributed by atoms with E-state index < -0.39 is 11.6 Å². The molecule has 0 unspecified atom stereocenters. The third-order valence-electron chi connectivity index (χ3n) is 2.35. The highest BCUT2D eigenvalue weighted by Crippen LogP contribution is 2.17. The Morgan fingerprint density at radius 3 is 2.72 bits per heavy atom. The van der Waals surface area contributed by atoms with Crippen molar-refractivity contribution in [1.82, 2.24) is 4.98 Å². The van der Waals surface area contributed by atoms with Crippen LogP contribution in [0.5, 0.6) is 0 Å². The molecule has 0 saturated heterocycles. The lowest BCUT2D eigenvalue weighted by Crippen LogP contribution is -2.02. The summed E-state index contributed by atoms with van der Waals surface area (Å²) in [5.41, 5.74) is 1.35. The zero-order valence-corrected chi connectivity index (χ0v) is 9.32. The van der Waals surface area contributed by atoms with E-state index in [1.54, 1.807) is 0 Å². The van der Waals surface area contributed by atoms with Crippen LogP contribution in [0.15, 0.2) is 36.7 Å². The van der Waals surface area contributed by atoms with Crippen LogP contribution in [0.2, 0.25) is 0 Å². The number of rotatable bonds is 3. The number of benzene rings is 1. The summed E-state index contributed by atoms with van der Waals surface area (Å²) in [6, 6.07) is 7.11. The lowest BCUT2D eigenvalue weighted by atomic mass is 10.2. The quantitative estimate of drug-likeness (QED) is 0.904. The van der Waals surface area contributed by atoms with Gasteiger partial charge in [0.05, 0.1) is 17.4 Å². The molecule has 1 aromatic heterocycles. The average molecular weight is 245 g/mol. The number of nitrogens with zero attached hydrogens (tertiary/aromatic N) is 2. The van der Waals surface area contributed by atoms with Gasteiger partial charge in [0.2, 0.25) is 0 Å². The summed E-state index contributed by atoms with van der Waals surface area (Å²) in [6.45, 7) is 0.311. The number of aromatic nitrogens is 1. The van der Waals surface area contributed by atoms with E-state index in [0.717, 1.165) is 12.3 Å². The number of nitriles is 1. The molecule has 0 atom stereocenters. The molecule has 18 heavy (non-hydrogen) atoms. The standard InChI is InChI=1S/C13H9F2N3/c14-11-1-2-13(10(4-11)5-16)18-7-9-3-12(15)8-17-6-9/h1-4,6,8,18H,7H2. The van der Waals surface area contributed by atoms with E-state index in [-0.39, 0.29) is 5.56 Å². The maximum Gasteiger partial charge on any atom is 0.141 e. The topological polar surface area (TPSA) is 48.7 Å². The van der Waals surface area contributed by atoms with Gasteiger partial charge in [-0.3, -0.25) is 4.98 Å². The van der Waals surface area contributed by atoms with Gasteiger partial charge in [-0.25, -0.2) is 8.78 Å². The van der Waals surface area contributed by atoms with Crippen molar-refractivity contribution >= 4 is 5.69 Å². The van der Waals surface area contributed by atoms with Gasteiger partial charge in [0, 0.05) is 12.7 Å². The Hall–Kier alpha value is -2.48. The number of nitrogens with one attached hydrogen (secondary N) is 1. The van der Waals surface area contributed by atoms with Crippen molar-refractivity contribution in [3.8, 4) is 6.07 Å². The van der Waals surface area contributed by atoms with E-state index in [0.29, 0.717) is 17.8 Å². The first-order valence-electron chi connectivity index (χ1n) is 5.22. The summed E-state index contributed by atoms with van der Waals surface area (Å²) in [5.74, 6) is -0.890. The molecular formula is C13H9F2N3. The monoisotopic (exact) mass is 245 g/mol. The minimum atomic E-state index is -0.468. The summed E-state index contributed by atoms with van der Waals surface area (Å²) in [7, 11) is 0. The lowest BCUT2D eigenvalue weighted by molar-refractivity contribution is 0.619. The van der Waals surface area contributed by atoms with Crippen molar-refractivity contribution in [2.75, 3.05) is 5.32 Å². The molecule has 0 bridgehead atoms. The van der Waals surface area contributed by atoms with Gasteiger partial charge in [0.15, 0.2) is 0 Å². The van der Waals surface area contributed by atoms with Gasteiger partial charge in [-0.1, -0.05) is 0 Å². The molecule has 1 heterocycles. The zero-order chi connectivity index (χ0) is 13.0. The van der Waals surface area contributed by atoms with Gasteiger partial charge in [-0.05, 0) is 29.8 Å². The van der Waals surface area contributed by atoms with Gasteiger partial charge in [0.1, 0.15) is 17.7 Å². The van der Waals surface area contributed by atoms with Gasteiger partial charge in [-0.15, -0.1) is 0 Å². The molecule has 0 aliphatic carbocycles. The number of pyridine rings is 1. The molecule has 0 amide bonds. The largest absolute Gasteiger partial charge is 0.380 e. The summed E-state index contributed by atoms with van der Waals surface area (Å²) < 4.78 is 25.8. The fourth-order valence-corrected chi connectivity index (χ4v) is 1.51. The highest BCUT2D eigenvalue weighted by molar-refractivity contribution is 5.57. The van der Waals surface area contributed by atoms with E-state index >= 15 is 0 Å². The van der Waals surface area contributed by atoms with E-state index in [1.807, 2.05) is 6.07 Å². The minimum absolute atomic E-state index is 0.208. The van der Waals surface area contributed by atoms with Crippen LogP contribution in [0, 0.1) is 23.0 Å². The van der Waals surface area contributed by atoms with Crippen molar-refractivity contribution in [1.29, 1.82) is 5.26 Å². The Morgan fingerprint density at radius 1 is 1.17 bits per heavy atom. The Bertz CT molecular complexity index is 605. The molecule has 2 rings (SSSR count). The highest BCUT2D eigenvalue weighted by Gasteiger charge is 2.03. The van der Waals surface area contributed by atoms with Gasteiger partial charge in [0.25, 0.3) is 0 Å². The number of hydrogen-bond acceptors (Lipinski definition) is 3. The van der Waals surface area contributed by atoms with Crippen LogP contribution >= 0.6 is 0 Å². The van der Waals surface area contributed by atoms with Crippen molar-refractivity contribution in [3.63, 3.8) is 0 Å². The molecule has 5 heteroatoms. The average Bonchev–Trinajstić information content (AvgIpc) is 2.37. The number of hydrogen-bond donors (Lipinski definition) is 1. The predicted octanol–water partition coefficient (Wildman–Crippen LogP) is 2.84. The molecule has 0 spiro atoms. The summed E-state index contributed by atoms with van der Waals surface area (Å²) in [4.78, 5) is 3.71. The Balaban J connectivity index is 2.14. The molecule has 0 aliphatic heterocycles. The maximum atomic E-state index is 12.9. The predicted molar refractivity (Wildman–Crippen MR) is 62.6 cm³/mol. The van der Waals surface area contributed by atoms with Gasteiger partial charge in [-0.2, -0.15) is 5.26 Å². The molecule has 1 aromatic carbocycles. The Labute approximate surface area is 103 Å². The normalized spacial score (nSPS) is 9.83. The first-order chi connectivity index (χ1) is 8.69. The van der Waals surface area contributed by atoms with Crippen LogP contribution in [0.4, 0.5) is 14.5 Å². The van der Waals surface area contributed by atoms with Crippen LogP contribution in [0.1, 0.15) is 11.1 Å². The van der Waals surface area contributed by atoms with E-state index in [2.05, 4.69) is 10.3 Å². The van der Waals surface area contributed by atoms with Crippen LogP contribution in [0.25, 0.3) is 0 Å². The second-order valence-corrected chi connectivity index (χ2v) is 3.67. The molecule has 1 N–H and O–H groups in total. The lowest BCUT2D eigenvalue weighted by Gasteiger charge is -2.08. The number of halogens is 2. The fourth-order valence-electron chi connectivity index (χ4n) is 1.51. The second-order valence-electron chi connectivity index (χ2n) is 3.67. The molecule has 2 aromatic rings. The van der Waals surface area contributed by atoms with Gasteiger partial charge >= 0.3 is 0 Å². The highest BCUT2D eigenvalue weighted by atomic mass is 19.1. The fraction of sp³-hybridized carbons (Fsp3) is 0.0769. The Kier molecular flexibility index (Phi) is 3.49. The first kappa shape index (κ1) is 12.0. The van der Waals surface area contributed by atoms with Crippen LogP contribution in [0.3, 0.4) is 0 Å². The van der Waals surface area contributed by atoms with Crippen molar-refractivity contribution in [2.45, 2.75) is 6.54 Å². The van der Waals surface area contributed by atoms with Crippen molar-refractivity contribution < 1.29 is 8.78 Å². The van der Waals surface area contributed by atoms with Crippen LogP contribution < -0.4 is 5.32 Å². The molecule has 0 aliphatic rings. The smallest absolute Gasteiger partial charge is 0.141 e. The third kappa shape index (κ3) is 2.80. The molecule has 0 fully saturated rings. The molecule has 0 radical (unpaired) electrons. The second kappa shape index (κ2) is 5.23. The van der Waals surface area contributed by atoms with Crippen molar-refractivity contribution in [3.05, 3.63) is 59.4 Å². The zero-order valence-electron chi connectivity index (χ0n) is 9.32. The first-order valence-corrected chi connectivity index (χ1v) is 5.22. The Morgan fingerprint density at radius 2 is 2.00 bits per heavy atom. The summed E-state index contributed by atoms with van der Waals surface area (Å²) >= 11 is 0. The molecule has 0 saturated carbocycles.